The molecule has 0 saturated carbocycles. The van der Waals surface area contributed by atoms with E-state index in [9.17, 15) is 0 Å². The molecule has 0 amide bonds. The zero-order valence-electron chi connectivity index (χ0n) is 34.6. The van der Waals surface area contributed by atoms with Crippen LogP contribution in [0.3, 0.4) is 0 Å². The lowest BCUT2D eigenvalue weighted by molar-refractivity contribution is 0.668. The summed E-state index contributed by atoms with van der Waals surface area (Å²) < 4.78 is 9.21. The zero-order valence-corrected chi connectivity index (χ0v) is 34.6. The molecule has 0 fully saturated rings. The molecule has 0 unspecified atom stereocenters. The van der Waals surface area contributed by atoms with Crippen LogP contribution in [0.15, 0.2) is 229 Å². The first kappa shape index (κ1) is 36.1. The SMILES string of the molecule is c1ccc(-c2ccc3c4ccc(-c5ccccc5)cc4n(-c4ccc5c(c4)oc4cccc(-c6nc(-c7ccc8ccccc8c7)cc(-c7ccc8ccccc8c7)n6)c45)c3c2)cc1. The molecule has 0 atom stereocenters. The molecule has 3 aromatic heterocycles. The molecule has 0 spiro atoms. The molecular formula is C60H37N3O. The molecule has 0 radical (unpaired) electrons. The van der Waals surface area contributed by atoms with Crippen molar-refractivity contribution in [3.05, 3.63) is 224 Å². The second-order valence-electron chi connectivity index (χ2n) is 16.6. The Morgan fingerprint density at radius 1 is 0.328 bits per heavy atom. The molecule has 64 heavy (non-hydrogen) atoms. The van der Waals surface area contributed by atoms with Crippen molar-refractivity contribution < 1.29 is 4.42 Å². The van der Waals surface area contributed by atoms with E-state index in [1.54, 1.807) is 0 Å². The third kappa shape index (κ3) is 5.99. The Balaban J connectivity index is 1.01. The first-order valence-corrected chi connectivity index (χ1v) is 21.7. The molecule has 0 bridgehead atoms. The molecule has 0 saturated heterocycles. The van der Waals surface area contributed by atoms with Gasteiger partial charge < -0.3 is 8.98 Å². The summed E-state index contributed by atoms with van der Waals surface area (Å²) in [5.41, 5.74) is 14.3. The molecule has 3 heterocycles. The van der Waals surface area contributed by atoms with Crippen LogP contribution in [0.2, 0.25) is 0 Å². The summed E-state index contributed by atoms with van der Waals surface area (Å²) in [6.45, 7) is 0. The number of nitrogens with zero attached hydrogens (tertiary/aromatic N) is 3. The van der Waals surface area contributed by atoms with Gasteiger partial charge in [-0.25, -0.2) is 9.97 Å². The Morgan fingerprint density at radius 3 is 1.42 bits per heavy atom. The predicted molar refractivity (Wildman–Crippen MR) is 266 cm³/mol. The van der Waals surface area contributed by atoms with Gasteiger partial charge in [0.15, 0.2) is 5.82 Å². The van der Waals surface area contributed by atoms with Crippen molar-refractivity contribution in [2.45, 2.75) is 0 Å². The third-order valence-electron chi connectivity index (χ3n) is 12.8. The highest BCUT2D eigenvalue weighted by Crippen LogP contribution is 2.41. The maximum absolute atomic E-state index is 6.82. The lowest BCUT2D eigenvalue weighted by atomic mass is 10.0. The number of hydrogen-bond acceptors (Lipinski definition) is 3. The quantitative estimate of drug-likeness (QED) is 0.168. The smallest absolute Gasteiger partial charge is 0.161 e. The first-order chi connectivity index (χ1) is 31.7. The average molecular weight is 816 g/mol. The van der Waals surface area contributed by atoms with Crippen molar-refractivity contribution in [3.63, 3.8) is 0 Å². The third-order valence-corrected chi connectivity index (χ3v) is 12.8. The van der Waals surface area contributed by atoms with E-state index in [4.69, 9.17) is 14.4 Å². The molecule has 13 aromatic rings. The molecule has 0 aliphatic rings. The Bertz CT molecular complexity index is 3760. The molecule has 0 N–H and O–H groups in total. The van der Waals surface area contributed by atoms with Gasteiger partial charge in [0.1, 0.15) is 11.2 Å². The number of rotatable bonds is 6. The van der Waals surface area contributed by atoms with E-state index in [0.29, 0.717) is 5.82 Å². The maximum Gasteiger partial charge on any atom is 0.161 e. The molecule has 0 aliphatic carbocycles. The standard InChI is InChI=1S/C60H37N3O/c1-3-12-38(13-4-1)44-26-29-49-50-30-27-45(39-14-5-2-6-15-39)35-56(50)63(55(49)34-44)48-28-31-51-58(36-48)64-57-21-11-20-52(59(51)57)60-61-53(46-24-22-40-16-7-9-18-42(40)32-46)37-54(62-60)47-25-23-41-17-8-10-19-43(41)33-47/h1-37H. The number of furan rings is 1. The van der Waals surface area contributed by atoms with Crippen molar-refractivity contribution in [1.29, 1.82) is 0 Å². The second kappa shape index (κ2) is 14.5. The number of fused-ring (bicyclic) bond motifs is 8. The number of benzene rings is 10. The Kier molecular flexibility index (Phi) is 8.18. The van der Waals surface area contributed by atoms with Gasteiger partial charge >= 0.3 is 0 Å². The van der Waals surface area contributed by atoms with Crippen molar-refractivity contribution in [2.24, 2.45) is 0 Å². The highest BCUT2D eigenvalue weighted by atomic mass is 16.3. The molecule has 298 valence electrons. The highest BCUT2D eigenvalue weighted by molar-refractivity contribution is 6.14. The van der Waals surface area contributed by atoms with Crippen molar-refractivity contribution in [1.82, 2.24) is 14.5 Å². The van der Waals surface area contributed by atoms with Gasteiger partial charge in [-0.2, -0.15) is 0 Å². The van der Waals surface area contributed by atoms with Crippen LogP contribution in [0.5, 0.6) is 0 Å². The predicted octanol–water partition coefficient (Wildman–Crippen LogP) is 16.1. The van der Waals surface area contributed by atoms with Crippen LogP contribution in [-0.4, -0.2) is 14.5 Å². The van der Waals surface area contributed by atoms with E-state index in [1.165, 1.54) is 54.6 Å². The first-order valence-electron chi connectivity index (χ1n) is 21.7. The van der Waals surface area contributed by atoms with Gasteiger partial charge in [-0.15, -0.1) is 0 Å². The summed E-state index contributed by atoms with van der Waals surface area (Å²) in [6.07, 6.45) is 0. The van der Waals surface area contributed by atoms with E-state index in [1.807, 2.05) is 6.07 Å². The average Bonchev–Trinajstić information content (AvgIpc) is 3.91. The Morgan fingerprint density at radius 2 is 0.844 bits per heavy atom. The van der Waals surface area contributed by atoms with Crippen molar-refractivity contribution in [2.75, 3.05) is 0 Å². The van der Waals surface area contributed by atoms with Crippen LogP contribution in [0.4, 0.5) is 0 Å². The fraction of sp³-hybridized carbons (Fsp3) is 0. The number of hydrogen-bond donors (Lipinski definition) is 0. The largest absolute Gasteiger partial charge is 0.456 e. The second-order valence-corrected chi connectivity index (χ2v) is 16.6. The number of aromatic nitrogens is 3. The highest BCUT2D eigenvalue weighted by Gasteiger charge is 2.20. The summed E-state index contributed by atoms with van der Waals surface area (Å²) in [5.74, 6) is 0.649. The van der Waals surface area contributed by atoms with Crippen LogP contribution >= 0.6 is 0 Å². The van der Waals surface area contributed by atoms with Crippen LogP contribution < -0.4 is 0 Å². The summed E-state index contributed by atoms with van der Waals surface area (Å²) in [4.78, 5) is 10.7. The monoisotopic (exact) mass is 815 g/mol. The summed E-state index contributed by atoms with van der Waals surface area (Å²) in [7, 11) is 0. The lowest BCUT2D eigenvalue weighted by Crippen LogP contribution is -1.96. The van der Waals surface area contributed by atoms with Gasteiger partial charge in [0, 0.05) is 50.0 Å². The van der Waals surface area contributed by atoms with Gasteiger partial charge in [-0.1, -0.05) is 170 Å². The molecule has 13 rings (SSSR count). The van der Waals surface area contributed by atoms with Crippen LogP contribution in [0.1, 0.15) is 0 Å². The normalized spacial score (nSPS) is 11.8. The summed E-state index contributed by atoms with van der Waals surface area (Å²) in [6, 6.07) is 79.8. The van der Waals surface area contributed by atoms with Crippen LogP contribution in [-0.2, 0) is 0 Å². The van der Waals surface area contributed by atoms with Gasteiger partial charge in [0.2, 0.25) is 0 Å². The van der Waals surface area contributed by atoms with Crippen LogP contribution in [0, 0.1) is 0 Å². The zero-order chi connectivity index (χ0) is 42.1. The minimum Gasteiger partial charge on any atom is -0.456 e. The van der Waals surface area contributed by atoms with Crippen molar-refractivity contribution >= 4 is 65.3 Å². The molecule has 0 aliphatic heterocycles. The van der Waals surface area contributed by atoms with Gasteiger partial charge in [0.05, 0.1) is 22.4 Å². The minimum absolute atomic E-state index is 0.649. The molecular weight excluding hydrogens is 779 g/mol. The minimum atomic E-state index is 0.649. The van der Waals surface area contributed by atoms with E-state index in [0.717, 1.165) is 66.7 Å². The lowest BCUT2D eigenvalue weighted by Gasteiger charge is -2.12. The van der Waals surface area contributed by atoms with Gasteiger partial charge in [0.25, 0.3) is 0 Å². The topological polar surface area (TPSA) is 43.9 Å². The van der Waals surface area contributed by atoms with Crippen LogP contribution in [0.25, 0.3) is 127 Å². The van der Waals surface area contributed by atoms with E-state index in [-0.39, 0.29) is 0 Å². The fourth-order valence-electron chi connectivity index (χ4n) is 9.62. The van der Waals surface area contributed by atoms with E-state index >= 15 is 0 Å². The fourth-order valence-corrected chi connectivity index (χ4v) is 9.62. The summed E-state index contributed by atoms with van der Waals surface area (Å²) in [5, 5.41) is 9.13. The molecule has 4 nitrogen and oxygen atoms in total. The Labute approximate surface area is 369 Å². The Hall–Kier alpha value is -8.60. The van der Waals surface area contributed by atoms with Gasteiger partial charge in [-0.05, 0) is 92.3 Å². The van der Waals surface area contributed by atoms with Gasteiger partial charge in [-0.3, -0.25) is 0 Å². The maximum atomic E-state index is 6.82. The molecule has 4 heteroatoms. The summed E-state index contributed by atoms with van der Waals surface area (Å²) >= 11 is 0. The van der Waals surface area contributed by atoms with E-state index in [2.05, 4.69) is 223 Å². The van der Waals surface area contributed by atoms with Crippen molar-refractivity contribution in [3.8, 4) is 61.8 Å². The molecule has 10 aromatic carbocycles. The van der Waals surface area contributed by atoms with E-state index < -0.39 is 0 Å².